The largest absolute Gasteiger partial charge is 0.756 e. The standard InChI is InChI=1S/C17H36NO10P/c1-22-10-12-25-14-16(26-13-11-23-2)15-27-17(19)18-8-6-4-5-7-9-28-29(20,21)24-3/h16H,4-15H2,1-3H3,(H,18,19)(H,20,21)/p-1. The van der Waals surface area contributed by atoms with Gasteiger partial charge < -0.3 is 42.9 Å². The highest BCUT2D eigenvalue weighted by Crippen LogP contribution is 2.36. The Morgan fingerprint density at radius 1 is 0.931 bits per heavy atom. The summed E-state index contributed by atoms with van der Waals surface area (Å²) in [5.74, 6) is 0. The minimum atomic E-state index is -4.14. The van der Waals surface area contributed by atoms with Crippen molar-refractivity contribution >= 4 is 13.9 Å². The third-order valence-corrected chi connectivity index (χ3v) is 4.54. The van der Waals surface area contributed by atoms with Crippen molar-refractivity contribution < 1.29 is 47.0 Å². The average Bonchev–Trinajstić information content (AvgIpc) is 2.70. The predicted molar refractivity (Wildman–Crippen MR) is 103 cm³/mol. The van der Waals surface area contributed by atoms with E-state index in [2.05, 4.69) is 14.4 Å². The maximum Gasteiger partial charge on any atom is 0.407 e. The Kier molecular flexibility index (Phi) is 18.7. The molecule has 1 amide bonds. The number of hydrogen-bond acceptors (Lipinski definition) is 10. The van der Waals surface area contributed by atoms with Gasteiger partial charge in [0.2, 0.25) is 0 Å². The molecule has 1 N–H and O–H groups in total. The molecule has 0 rings (SSSR count). The number of unbranched alkanes of at least 4 members (excludes halogenated alkanes) is 3. The zero-order valence-corrected chi connectivity index (χ0v) is 18.5. The molecule has 174 valence electrons. The van der Waals surface area contributed by atoms with Crippen molar-refractivity contribution in [3.63, 3.8) is 0 Å². The number of methoxy groups -OCH3 is 2. The second kappa shape index (κ2) is 19.2. The fraction of sp³-hybridized carbons (Fsp3) is 0.941. The molecule has 0 aromatic carbocycles. The summed E-state index contributed by atoms with van der Waals surface area (Å²) in [4.78, 5) is 22.7. The molecular weight excluding hydrogens is 409 g/mol. The lowest BCUT2D eigenvalue weighted by Crippen LogP contribution is -2.33. The number of alkyl carbamates (subject to hydrolysis) is 1. The Hall–Kier alpha value is -0.780. The van der Waals surface area contributed by atoms with Crippen LogP contribution in [0.25, 0.3) is 0 Å². The Morgan fingerprint density at radius 3 is 2.31 bits per heavy atom. The number of amides is 1. The fourth-order valence-corrected chi connectivity index (χ4v) is 2.48. The van der Waals surface area contributed by atoms with Gasteiger partial charge in [-0.05, 0) is 12.8 Å². The van der Waals surface area contributed by atoms with E-state index in [1.54, 1.807) is 14.2 Å². The molecule has 0 aliphatic carbocycles. The number of phosphoric ester groups is 1. The van der Waals surface area contributed by atoms with Crippen LogP contribution in [-0.2, 0) is 37.3 Å². The minimum Gasteiger partial charge on any atom is -0.756 e. The van der Waals surface area contributed by atoms with Crippen LogP contribution in [0.5, 0.6) is 0 Å². The molecule has 29 heavy (non-hydrogen) atoms. The van der Waals surface area contributed by atoms with E-state index in [4.69, 9.17) is 23.7 Å². The van der Waals surface area contributed by atoms with Gasteiger partial charge in [0.1, 0.15) is 12.7 Å². The maximum absolute atomic E-state index is 11.8. The van der Waals surface area contributed by atoms with Gasteiger partial charge in [0.25, 0.3) is 7.82 Å². The van der Waals surface area contributed by atoms with Crippen molar-refractivity contribution in [2.75, 3.05) is 74.1 Å². The maximum atomic E-state index is 11.8. The van der Waals surface area contributed by atoms with Gasteiger partial charge >= 0.3 is 6.09 Å². The number of ether oxygens (including phenoxy) is 5. The van der Waals surface area contributed by atoms with E-state index in [0.29, 0.717) is 39.4 Å². The van der Waals surface area contributed by atoms with E-state index in [1.165, 1.54) is 0 Å². The molecule has 0 aliphatic heterocycles. The highest BCUT2D eigenvalue weighted by Gasteiger charge is 2.13. The zero-order chi connectivity index (χ0) is 21.8. The quantitative estimate of drug-likeness (QED) is 0.215. The van der Waals surface area contributed by atoms with Gasteiger partial charge in [0, 0.05) is 27.9 Å². The third-order valence-electron chi connectivity index (χ3n) is 3.59. The van der Waals surface area contributed by atoms with Crippen LogP contribution >= 0.6 is 7.82 Å². The van der Waals surface area contributed by atoms with Crippen LogP contribution in [-0.4, -0.2) is 86.3 Å². The molecule has 0 aromatic rings. The number of carbonyl (C=O) groups excluding carboxylic acids is 1. The van der Waals surface area contributed by atoms with Crippen LogP contribution in [0.1, 0.15) is 25.7 Å². The van der Waals surface area contributed by atoms with Gasteiger partial charge in [-0.15, -0.1) is 0 Å². The highest BCUT2D eigenvalue weighted by molar-refractivity contribution is 7.45. The third kappa shape index (κ3) is 19.0. The normalized spacial score (nSPS) is 14.3. The van der Waals surface area contributed by atoms with Crippen molar-refractivity contribution in [3.05, 3.63) is 0 Å². The summed E-state index contributed by atoms with van der Waals surface area (Å²) < 4.78 is 45.8. The molecule has 0 aliphatic rings. The summed E-state index contributed by atoms with van der Waals surface area (Å²) in [7, 11) is 0.0788. The van der Waals surface area contributed by atoms with E-state index in [1.807, 2.05) is 0 Å². The average molecular weight is 444 g/mol. The number of carbonyl (C=O) groups is 1. The van der Waals surface area contributed by atoms with Gasteiger partial charge in [0.05, 0.1) is 39.6 Å². The number of nitrogens with one attached hydrogen (secondary N) is 1. The highest BCUT2D eigenvalue weighted by atomic mass is 31.2. The fourth-order valence-electron chi connectivity index (χ4n) is 2.02. The molecular formula is C17H35NO10P-. The van der Waals surface area contributed by atoms with Crippen molar-refractivity contribution in [2.45, 2.75) is 31.8 Å². The van der Waals surface area contributed by atoms with Gasteiger partial charge in [-0.1, -0.05) is 12.8 Å². The van der Waals surface area contributed by atoms with Crippen molar-refractivity contribution in [1.29, 1.82) is 0 Å². The molecule has 0 heterocycles. The molecule has 0 aromatic heterocycles. The minimum absolute atomic E-state index is 0.0641. The van der Waals surface area contributed by atoms with Crippen LogP contribution in [0, 0.1) is 0 Å². The summed E-state index contributed by atoms with van der Waals surface area (Å²) >= 11 is 0. The first-order chi connectivity index (χ1) is 13.9. The second-order valence-electron chi connectivity index (χ2n) is 5.96. The van der Waals surface area contributed by atoms with E-state index in [9.17, 15) is 14.3 Å². The summed E-state index contributed by atoms with van der Waals surface area (Å²) in [6, 6.07) is 0. The van der Waals surface area contributed by atoms with Gasteiger partial charge in [-0.3, -0.25) is 4.57 Å². The van der Waals surface area contributed by atoms with Gasteiger partial charge in [-0.25, -0.2) is 4.79 Å². The molecule has 12 heteroatoms. The van der Waals surface area contributed by atoms with Crippen LogP contribution in [0.3, 0.4) is 0 Å². The Balaban J connectivity index is 3.78. The van der Waals surface area contributed by atoms with E-state index >= 15 is 0 Å². The van der Waals surface area contributed by atoms with Crippen LogP contribution in [0.2, 0.25) is 0 Å². The first-order valence-corrected chi connectivity index (χ1v) is 11.0. The lowest BCUT2D eigenvalue weighted by molar-refractivity contribution is -0.223. The summed E-state index contributed by atoms with van der Waals surface area (Å²) in [6.45, 7) is 2.59. The van der Waals surface area contributed by atoms with Gasteiger partial charge in [0.15, 0.2) is 0 Å². The zero-order valence-electron chi connectivity index (χ0n) is 17.6. The molecule has 11 nitrogen and oxygen atoms in total. The van der Waals surface area contributed by atoms with Crippen molar-refractivity contribution in [2.24, 2.45) is 0 Å². The van der Waals surface area contributed by atoms with E-state index in [-0.39, 0.29) is 19.8 Å². The predicted octanol–water partition coefficient (Wildman–Crippen LogP) is 1.10. The molecule has 0 bridgehead atoms. The van der Waals surface area contributed by atoms with Crippen LogP contribution in [0.15, 0.2) is 0 Å². The molecule has 2 unspecified atom stereocenters. The summed E-state index contributed by atoms with van der Waals surface area (Å²) in [5.41, 5.74) is 0. The summed E-state index contributed by atoms with van der Waals surface area (Å²) in [5, 5.41) is 2.66. The monoisotopic (exact) mass is 444 g/mol. The topological polar surface area (TPSA) is 134 Å². The lowest BCUT2D eigenvalue weighted by atomic mass is 10.2. The molecule has 0 spiro atoms. The molecule has 2 atom stereocenters. The molecule has 0 radical (unpaired) electrons. The Morgan fingerprint density at radius 2 is 1.62 bits per heavy atom. The molecule has 0 saturated carbocycles. The SMILES string of the molecule is COCCOCC(COC(=O)NCCCCCCOP(=O)([O-])OC)OCCOC. The number of hydrogen-bond donors (Lipinski definition) is 1. The van der Waals surface area contributed by atoms with Crippen LogP contribution < -0.4 is 10.2 Å². The van der Waals surface area contributed by atoms with Crippen molar-refractivity contribution in [3.8, 4) is 0 Å². The number of phosphoric acid groups is 1. The Labute approximate surface area is 172 Å². The van der Waals surface area contributed by atoms with E-state index < -0.39 is 20.0 Å². The lowest BCUT2D eigenvalue weighted by Gasteiger charge is -2.19. The Bertz CT molecular complexity index is 440. The van der Waals surface area contributed by atoms with Gasteiger partial charge in [-0.2, -0.15) is 0 Å². The van der Waals surface area contributed by atoms with Crippen LogP contribution in [0.4, 0.5) is 4.79 Å². The van der Waals surface area contributed by atoms with Crippen molar-refractivity contribution in [1.82, 2.24) is 5.32 Å². The van der Waals surface area contributed by atoms with E-state index in [0.717, 1.165) is 26.4 Å². The molecule has 0 saturated heterocycles. The molecule has 0 fully saturated rings. The first-order valence-electron chi connectivity index (χ1n) is 9.54. The first kappa shape index (κ1) is 28.2. The smallest absolute Gasteiger partial charge is 0.407 e. The summed E-state index contributed by atoms with van der Waals surface area (Å²) in [6.07, 6.45) is 1.99. The number of rotatable bonds is 20. The second-order valence-corrected chi connectivity index (χ2v) is 7.47.